The van der Waals surface area contributed by atoms with E-state index in [0.29, 0.717) is 5.16 Å². The molecule has 9 heteroatoms. The number of hydrogen-bond donors (Lipinski definition) is 1. The van der Waals surface area contributed by atoms with Crippen LogP contribution in [0.1, 0.15) is 11.1 Å². The Balaban J connectivity index is 1.66. The highest BCUT2D eigenvalue weighted by Crippen LogP contribution is 2.30. The number of aromatic nitrogens is 3. The molecule has 0 aliphatic carbocycles. The maximum absolute atomic E-state index is 12.7. The summed E-state index contributed by atoms with van der Waals surface area (Å²) < 4.78 is 40.0. The maximum atomic E-state index is 12.7. The summed E-state index contributed by atoms with van der Waals surface area (Å²) >= 11 is 1.15. The Morgan fingerprint density at radius 3 is 2.70 bits per heavy atom. The van der Waals surface area contributed by atoms with Crippen molar-refractivity contribution in [1.29, 1.82) is 0 Å². The third kappa shape index (κ3) is 4.68. The minimum Gasteiger partial charge on any atom is -0.325 e. The first-order valence-electron chi connectivity index (χ1n) is 7.90. The summed E-state index contributed by atoms with van der Waals surface area (Å²) in [5.41, 5.74) is 1.19. The van der Waals surface area contributed by atoms with Gasteiger partial charge >= 0.3 is 6.18 Å². The molecular weight excluding hydrogens is 377 g/mol. The lowest BCUT2D eigenvalue weighted by Gasteiger charge is -2.10. The third-order valence-electron chi connectivity index (χ3n) is 3.70. The van der Waals surface area contributed by atoms with Crippen molar-refractivity contribution in [1.82, 2.24) is 14.8 Å². The van der Waals surface area contributed by atoms with Crippen molar-refractivity contribution in [3.63, 3.8) is 0 Å². The van der Waals surface area contributed by atoms with Gasteiger partial charge in [0.15, 0.2) is 5.16 Å². The molecule has 0 unspecified atom stereocenters. The Morgan fingerprint density at radius 1 is 1.19 bits per heavy atom. The predicted molar refractivity (Wildman–Crippen MR) is 96.9 cm³/mol. The highest BCUT2D eigenvalue weighted by Gasteiger charge is 2.30. The molecule has 5 nitrogen and oxygen atoms in total. The highest BCUT2D eigenvalue weighted by atomic mass is 32.2. The van der Waals surface area contributed by atoms with Crippen molar-refractivity contribution < 1.29 is 18.0 Å². The first kappa shape index (κ1) is 19.0. The molecule has 0 atom stereocenters. The minimum atomic E-state index is -4.46. The molecule has 0 radical (unpaired) electrons. The third-order valence-corrected chi connectivity index (χ3v) is 4.64. The second-order valence-electron chi connectivity index (χ2n) is 5.69. The number of amides is 1. The molecule has 0 aliphatic rings. The SMILES string of the molecule is Cc1ccccc1-n1cnnc1SCC(=O)Nc1cccc(C(F)(F)F)c1. The lowest BCUT2D eigenvalue weighted by molar-refractivity contribution is -0.137. The highest BCUT2D eigenvalue weighted by molar-refractivity contribution is 7.99. The summed E-state index contributed by atoms with van der Waals surface area (Å²) in [6.07, 6.45) is -2.91. The summed E-state index contributed by atoms with van der Waals surface area (Å²) in [5, 5.41) is 10.9. The molecule has 27 heavy (non-hydrogen) atoms. The van der Waals surface area contributed by atoms with E-state index in [0.717, 1.165) is 35.1 Å². The van der Waals surface area contributed by atoms with Gasteiger partial charge in [-0.15, -0.1) is 10.2 Å². The predicted octanol–water partition coefficient (Wildman–Crippen LogP) is 4.33. The molecule has 1 heterocycles. The standard InChI is InChI=1S/C18H15F3N4OS/c1-12-5-2-3-8-15(12)25-11-22-24-17(25)27-10-16(26)23-14-7-4-6-13(9-14)18(19,20)21/h2-9,11H,10H2,1H3,(H,23,26). The molecule has 3 rings (SSSR count). The van der Waals surface area contributed by atoms with Gasteiger partial charge < -0.3 is 5.32 Å². The number of benzene rings is 2. The molecule has 0 saturated heterocycles. The average molecular weight is 392 g/mol. The normalized spacial score (nSPS) is 11.4. The Morgan fingerprint density at radius 2 is 1.96 bits per heavy atom. The van der Waals surface area contributed by atoms with Gasteiger partial charge in [-0.25, -0.2) is 0 Å². The Labute approximate surface area is 157 Å². The average Bonchev–Trinajstić information content (AvgIpc) is 3.08. The molecule has 3 aromatic rings. The zero-order valence-corrected chi connectivity index (χ0v) is 15.0. The molecule has 0 fully saturated rings. The second kappa shape index (κ2) is 7.83. The van der Waals surface area contributed by atoms with E-state index in [-0.39, 0.29) is 11.4 Å². The molecule has 0 aliphatic heterocycles. The first-order chi connectivity index (χ1) is 12.8. The van der Waals surface area contributed by atoms with Crippen LogP contribution in [0.3, 0.4) is 0 Å². The van der Waals surface area contributed by atoms with E-state index in [9.17, 15) is 18.0 Å². The van der Waals surface area contributed by atoms with Crippen molar-refractivity contribution in [3.05, 3.63) is 66.0 Å². The monoisotopic (exact) mass is 392 g/mol. The fourth-order valence-corrected chi connectivity index (χ4v) is 3.14. The van der Waals surface area contributed by atoms with Gasteiger partial charge in [-0.05, 0) is 36.8 Å². The summed E-state index contributed by atoms with van der Waals surface area (Å²) in [6.45, 7) is 1.95. The molecule has 140 valence electrons. The van der Waals surface area contributed by atoms with Gasteiger partial charge in [0.25, 0.3) is 0 Å². The molecule has 2 aromatic carbocycles. The maximum Gasteiger partial charge on any atom is 0.416 e. The number of carbonyl (C=O) groups excluding carboxylic acids is 1. The van der Waals surface area contributed by atoms with Crippen LogP contribution in [0.15, 0.2) is 60.0 Å². The molecule has 0 bridgehead atoms. The quantitative estimate of drug-likeness (QED) is 0.657. The topological polar surface area (TPSA) is 59.8 Å². The van der Waals surface area contributed by atoms with E-state index in [1.165, 1.54) is 12.1 Å². The second-order valence-corrected chi connectivity index (χ2v) is 6.63. The van der Waals surface area contributed by atoms with Crippen LogP contribution in [0.2, 0.25) is 0 Å². The van der Waals surface area contributed by atoms with Crippen LogP contribution in [0, 0.1) is 6.92 Å². The largest absolute Gasteiger partial charge is 0.416 e. The van der Waals surface area contributed by atoms with Gasteiger partial charge in [-0.2, -0.15) is 13.2 Å². The number of halogens is 3. The van der Waals surface area contributed by atoms with Crippen LogP contribution >= 0.6 is 11.8 Å². The fourth-order valence-electron chi connectivity index (χ4n) is 2.42. The number of rotatable bonds is 5. The van der Waals surface area contributed by atoms with Crippen molar-refractivity contribution in [2.75, 3.05) is 11.1 Å². The van der Waals surface area contributed by atoms with E-state index in [2.05, 4.69) is 15.5 Å². The van der Waals surface area contributed by atoms with E-state index in [4.69, 9.17) is 0 Å². The van der Waals surface area contributed by atoms with E-state index < -0.39 is 17.6 Å². The van der Waals surface area contributed by atoms with Crippen molar-refractivity contribution >= 4 is 23.4 Å². The first-order valence-corrected chi connectivity index (χ1v) is 8.89. The fraction of sp³-hybridized carbons (Fsp3) is 0.167. The van der Waals surface area contributed by atoms with Crippen molar-refractivity contribution in [2.24, 2.45) is 0 Å². The summed E-state index contributed by atoms with van der Waals surface area (Å²) in [6, 6.07) is 12.2. The lowest BCUT2D eigenvalue weighted by Crippen LogP contribution is -2.15. The zero-order chi connectivity index (χ0) is 19.4. The molecule has 1 aromatic heterocycles. The summed E-state index contributed by atoms with van der Waals surface area (Å²) in [7, 11) is 0. The van der Waals surface area contributed by atoms with E-state index >= 15 is 0 Å². The number of carbonyl (C=O) groups is 1. The number of para-hydroxylation sites is 1. The van der Waals surface area contributed by atoms with Crippen LogP contribution in [0.5, 0.6) is 0 Å². The molecule has 0 spiro atoms. The number of anilines is 1. The number of aryl methyl sites for hydroxylation is 1. The molecule has 0 saturated carbocycles. The van der Waals surface area contributed by atoms with E-state index in [1.807, 2.05) is 31.2 Å². The zero-order valence-electron chi connectivity index (χ0n) is 14.2. The number of alkyl halides is 3. The van der Waals surface area contributed by atoms with Gasteiger partial charge in [-0.3, -0.25) is 9.36 Å². The van der Waals surface area contributed by atoms with Crippen LogP contribution in [-0.2, 0) is 11.0 Å². The Bertz CT molecular complexity index is 956. The van der Waals surface area contributed by atoms with Crippen molar-refractivity contribution in [3.8, 4) is 5.69 Å². The summed E-state index contributed by atoms with van der Waals surface area (Å²) in [4.78, 5) is 12.1. The summed E-state index contributed by atoms with van der Waals surface area (Å²) in [5.74, 6) is -0.445. The van der Waals surface area contributed by atoms with E-state index in [1.54, 1.807) is 10.9 Å². The smallest absolute Gasteiger partial charge is 0.325 e. The lowest BCUT2D eigenvalue weighted by atomic mass is 10.2. The number of thioether (sulfide) groups is 1. The Kier molecular flexibility index (Phi) is 5.50. The van der Waals surface area contributed by atoms with Gasteiger partial charge in [-0.1, -0.05) is 36.0 Å². The van der Waals surface area contributed by atoms with Crippen molar-refractivity contribution in [2.45, 2.75) is 18.3 Å². The molecular formula is C18H15F3N4OS. The number of nitrogens with one attached hydrogen (secondary N) is 1. The molecule has 1 amide bonds. The van der Waals surface area contributed by atoms with Gasteiger partial charge in [0, 0.05) is 5.69 Å². The number of nitrogens with zero attached hydrogens (tertiary/aromatic N) is 3. The van der Waals surface area contributed by atoms with Crippen LogP contribution in [0.25, 0.3) is 5.69 Å². The van der Waals surface area contributed by atoms with Crippen LogP contribution < -0.4 is 5.32 Å². The Hall–Kier alpha value is -2.81. The minimum absolute atomic E-state index is 0.0131. The molecule has 1 N–H and O–H groups in total. The number of hydrogen-bond acceptors (Lipinski definition) is 4. The van der Waals surface area contributed by atoms with Gasteiger partial charge in [0.2, 0.25) is 5.91 Å². The van der Waals surface area contributed by atoms with Crippen LogP contribution in [-0.4, -0.2) is 26.4 Å². The van der Waals surface area contributed by atoms with Gasteiger partial charge in [0.1, 0.15) is 6.33 Å². The van der Waals surface area contributed by atoms with Crippen LogP contribution in [0.4, 0.5) is 18.9 Å². The van der Waals surface area contributed by atoms with Gasteiger partial charge in [0.05, 0.1) is 17.0 Å².